The van der Waals surface area contributed by atoms with E-state index in [4.69, 9.17) is 0 Å². The molecule has 0 bridgehead atoms. The summed E-state index contributed by atoms with van der Waals surface area (Å²) in [6.07, 6.45) is 5.04. The number of nitrogens with zero attached hydrogens (tertiary/aromatic N) is 3. The first kappa shape index (κ1) is 13.0. The number of aromatic amines is 1. The van der Waals surface area contributed by atoms with Crippen LogP contribution >= 0.6 is 0 Å². The van der Waals surface area contributed by atoms with Crippen molar-refractivity contribution in [3.8, 4) is 0 Å². The summed E-state index contributed by atoms with van der Waals surface area (Å²) >= 11 is 0. The molecule has 0 unspecified atom stereocenters. The molecule has 0 radical (unpaired) electrons. The molecule has 0 spiro atoms. The molecule has 6 heteroatoms. The maximum absolute atomic E-state index is 11.8. The molecule has 0 aliphatic rings. The van der Waals surface area contributed by atoms with Gasteiger partial charge in [0.25, 0.3) is 0 Å². The molecule has 21 heavy (non-hydrogen) atoms. The summed E-state index contributed by atoms with van der Waals surface area (Å²) in [4.78, 5) is 23.2. The zero-order valence-electron chi connectivity index (χ0n) is 11.2. The Morgan fingerprint density at radius 3 is 3.00 bits per heavy atom. The molecule has 2 heterocycles. The number of nitrogens with one attached hydrogen (secondary N) is 2. The summed E-state index contributed by atoms with van der Waals surface area (Å²) in [5.74, 6) is 0.388. The number of hydrogen-bond donors (Lipinski definition) is 2. The number of hydrogen-bond acceptors (Lipinski definition) is 4. The average Bonchev–Trinajstić information content (AvgIpc) is 2.90. The second-order valence-corrected chi connectivity index (χ2v) is 4.46. The lowest BCUT2D eigenvalue weighted by Crippen LogP contribution is -2.20. The van der Waals surface area contributed by atoms with Crippen molar-refractivity contribution in [2.45, 2.75) is 6.42 Å². The molecule has 1 aromatic carbocycles. The van der Waals surface area contributed by atoms with E-state index in [1.54, 1.807) is 24.7 Å². The van der Waals surface area contributed by atoms with Gasteiger partial charge < -0.3 is 4.98 Å². The van der Waals surface area contributed by atoms with Gasteiger partial charge in [-0.1, -0.05) is 18.2 Å². The van der Waals surface area contributed by atoms with Crippen molar-refractivity contribution < 1.29 is 4.79 Å². The lowest BCUT2D eigenvalue weighted by molar-refractivity contribution is -0.120. The Bertz CT molecular complexity index is 746. The van der Waals surface area contributed by atoms with Crippen LogP contribution in [0.25, 0.3) is 11.0 Å². The van der Waals surface area contributed by atoms with E-state index in [-0.39, 0.29) is 12.3 Å². The van der Waals surface area contributed by atoms with Gasteiger partial charge in [-0.05, 0) is 18.2 Å². The van der Waals surface area contributed by atoms with Crippen LogP contribution in [-0.2, 0) is 11.2 Å². The van der Waals surface area contributed by atoms with Gasteiger partial charge in [0, 0.05) is 18.0 Å². The molecule has 3 aromatic rings. The van der Waals surface area contributed by atoms with Gasteiger partial charge in [-0.3, -0.25) is 9.78 Å². The third kappa shape index (κ3) is 3.30. The molecule has 0 saturated carbocycles. The second-order valence-electron chi connectivity index (χ2n) is 4.46. The van der Waals surface area contributed by atoms with Gasteiger partial charge in [0.15, 0.2) is 0 Å². The lowest BCUT2D eigenvalue weighted by Gasteiger charge is -1.96. The van der Waals surface area contributed by atoms with E-state index in [0.29, 0.717) is 5.82 Å². The molecular weight excluding hydrogens is 266 g/mol. The predicted molar refractivity (Wildman–Crippen MR) is 79.8 cm³/mol. The van der Waals surface area contributed by atoms with Crippen LogP contribution < -0.4 is 5.43 Å². The van der Waals surface area contributed by atoms with Crippen molar-refractivity contribution in [2.24, 2.45) is 5.10 Å². The Kier molecular flexibility index (Phi) is 3.68. The first-order valence-electron chi connectivity index (χ1n) is 6.47. The first-order chi connectivity index (χ1) is 10.3. The van der Waals surface area contributed by atoms with Crippen LogP contribution in [0.5, 0.6) is 0 Å². The summed E-state index contributed by atoms with van der Waals surface area (Å²) in [6, 6.07) is 11.3. The highest BCUT2D eigenvalue weighted by molar-refractivity contribution is 5.83. The number of benzene rings is 1. The molecular formula is C15H13N5O. The van der Waals surface area contributed by atoms with Gasteiger partial charge in [0.2, 0.25) is 5.91 Å². The molecule has 0 atom stereocenters. The maximum atomic E-state index is 11.8. The van der Waals surface area contributed by atoms with Gasteiger partial charge in [0.1, 0.15) is 5.82 Å². The number of imidazole rings is 1. The van der Waals surface area contributed by atoms with Crippen LogP contribution in [0, 0.1) is 0 Å². The van der Waals surface area contributed by atoms with Crippen LogP contribution in [0.4, 0.5) is 0 Å². The van der Waals surface area contributed by atoms with Gasteiger partial charge in [0.05, 0.1) is 23.7 Å². The molecule has 2 aromatic heterocycles. The number of fused-ring (bicyclic) bond motifs is 1. The van der Waals surface area contributed by atoms with Crippen molar-refractivity contribution in [2.75, 3.05) is 0 Å². The number of pyridine rings is 1. The van der Waals surface area contributed by atoms with Crippen molar-refractivity contribution in [1.29, 1.82) is 0 Å². The highest BCUT2D eigenvalue weighted by atomic mass is 16.2. The molecule has 0 aliphatic heterocycles. The van der Waals surface area contributed by atoms with E-state index in [2.05, 4.69) is 25.5 Å². The quantitative estimate of drug-likeness (QED) is 0.562. The minimum absolute atomic E-state index is 0.152. The van der Waals surface area contributed by atoms with Crippen molar-refractivity contribution in [1.82, 2.24) is 20.4 Å². The molecule has 3 rings (SSSR count). The van der Waals surface area contributed by atoms with E-state index in [9.17, 15) is 4.79 Å². The number of para-hydroxylation sites is 2. The summed E-state index contributed by atoms with van der Waals surface area (Å²) in [7, 11) is 0. The predicted octanol–water partition coefficient (Wildman–Crippen LogP) is 1.65. The molecule has 0 fully saturated rings. The third-order valence-electron chi connectivity index (χ3n) is 2.85. The Balaban J connectivity index is 1.60. The monoisotopic (exact) mass is 279 g/mol. The highest BCUT2D eigenvalue weighted by Crippen LogP contribution is 2.10. The van der Waals surface area contributed by atoms with E-state index in [1.807, 2.05) is 30.3 Å². The summed E-state index contributed by atoms with van der Waals surface area (Å²) in [5, 5.41) is 3.89. The Labute approximate surface area is 120 Å². The fraction of sp³-hybridized carbons (Fsp3) is 0.0667. The molecule has 2 N–H and O–H groups in total. The summed E-state index contributed by atoms with van der Waals surface area (Å²) in [6.45, 7) is 0. The Morgan fingerprint density at radius 1 is 1.29 bits per heavy atom. The average molecular weight is 279 g/mol. The van der Waals surface area contributed by atoms with Crippen LogP contribution in [0.2, 0.25) is 0 Å². The molecule has 0 saturated heterocycles. The Hall–Kier alpha value is -3.02. The normalized spacial score (nSPS) is 11.0. The Morgan fingerprint density at radius 2 is 2.19 bits per heavy atom. The fourth-order valence-corrected chi connectivity index (χ4v) is 1.91. The number of amides is 1. The standard InChI is InChI=1S/C15H13N5O/c21-15(20-17-10-11-4-3-7-16-9-11)8-14-18-12-5-1-2-6-13(12)19-14/h1-7,9-10H,8H2,(H,18,19)(H,20,21)/b17-10-. The van der Waals surface area contributed by atoms with Crippen LogP contribution in [0.1, 0.15) is 11.4 Å². The number of rotatable bonds is 4. The smallest absolute Gasteiger partial charge is 0.247 e. The number of hydrazone groups is 1. The summed E-state index contributed by atoms with van der Waals surface area (Å²) < 4.78 is 0. The molecule has 1 amide bonds. The van der Waals surface area contributed by atoms with E-state index < -0.39 is 0 Å². The van der Waals surface area contributed by atoms with Crippen LogP contribution in [-0.4, -0.2) is 27.1 Å². The topological polar surface area (TPSA) is 83.0 Å². The lowest BCUT2D eigenvalue weighted by atomic mass is 10.3. The number of aromatic nitrogens is 3. The molecule has 0 aliphatic carbocycles. The zero-order valence-corrected chi connectivity index (χ0v) is 11.2. The number of carbonyl (C=O) groups is 1. The maximum Gasteiger partial charge on any atom is 0.247 e. The van der Waals surface area contributed by atoms with Crippen molar-refractivity contribution in [3.05, 3.63) is 60.2 Å². The largest absolute Gasteiger partial charge is 0.342 e. The third-order valence-corrected chi connectivity index (χ3v) is 2.85. The highest BCUT2D eigenvalue weighted by Gasteiger charge is 2.06. The van der Waals surface area contributed by atoms with Crippen molar-refractivity contribution in [3.63, 3.8) is 0 Å². The van der Waals surface area contributed by atoms with Crippen molar-refractivity contribution >= 4 is 23.2 Å². The second kappa shape index (κ2) is 5.96. The van der Waals surface area contributed by atoms with Gasteiger partial charge >= 0.3 is 0 Å². The van der Waals surface area contributed by atoms with Gasteiger partial charge in [-0.15, -0.1) is 0 Å². The van der Waals surface area contributed by atoms with E-state index in [1.165, 1.54) is 0 Å². The summed E-state index contributed by atoms with van der Waals surface area (Å²) in [5.41, 5.74) is 5.05. The fourth-order valence-electron chi connectivity index (χ4n) is 1.91. The zero-order chi connectivity index (χ0) is 14.5. The number of H-pyrrole nitrogens is 1. The van der Waals surface area contributed by atoms with Crippen LogP contribution in [0.3, 0.4) is 0 Å². The van der Waals surface area contributed by atoms with Gasteiger partial charge in [-0.25, -0.2) is 10.4 Å². The van der Waals surface area contributed by atoms with E-state index in [0.717, 1.165) is 16.6 Å². The van der Waals surface area contributed by atoms with Gasteiger partial charge in [-0.2, -0.15) is 5.10 Å². The van der Waals surface area contributed by atoms with E-state index >= 15 is 0 Å². The number of carbonyl (C=O) groups excluding carboxylic acids is 1. The molecule has 6 nitrogen and oxygen atoms in total. The molecule has 104 valence electrons. The first-order valence-corrected chi connectivity index (χ1v) is 6.47. The minimum atomic E-state index is -0.228. The SMILES string of the molecule is O=C(Cc1nc2ccccc2[nH]1)N/N=C\c1cccnc1. The van der Waals surface area contributed by atoms with Crippen LogP contribution in [0.15, 0.2) is 53.9 Å². The minimum Gasteiger partial charge on any atom is -0.342 e.